The highest BCUT2D eigenvalue weighted by Crippen LogP contribution is 2.47. The summed E-state index contributed by atoms with van der Waals surface area (Å²) in [7, 11) is 0. The number of benzene rings is 1. The number of hydrogen-bond acceptors (Lipinski definition) is 3. The van der Waals surface area contributed by atoms with Gasteiger partial charge in [-0.1, -0.05) is 6.07 Å². The van der Waals surface area contributed by atoms with E-state index in [9.17, 15) is 10.2 Å². The molecule has 0 bridgehead atoms. The first-order valence-electron chi connectivity index (χ1n) is 4.84. The summed E-state index contributed by atoms with van der Waals surface area (Å²) < 4.78 is 5.24. The Labute approximate surface area is 83.0 Å². The topological polar surface area (TPSA) is 49.7 Å². The Morgan fingerprint density at radius 2 is 2.14 bits per heavy atom. The van der Waals surface area contributed by atoms with Crippen LogP contribution in [0, 0.1) is 0 Å². The van der Waals surface area contributed by atoms with Crippen LogP contribution < -0.4 is 4.74 Å². The largest absolute Gasteiger partial charge is 0.504 e. The van der Waals surface area contributed by atoms with Crippen LogP contribution in [-0.4, -0.2) is 16.8 Å². The van der Waals surface area contributed by atoms with E-state index in [1.807, 2.05) is 6.92 Å². The Kier molecular flexibility index (Phi) is 2.11. The van der Waals surface area contributed by atoms with Crippen molar-refractivity contribution in [3.8, 4) is 11.5 Å². The molecule has 3 nitrogen and oxygen atoms in total. The molecule has 1 aromatic carbocycles. The lowest BCUT2D eigenvalue weighted by Crippen LogP contribution is -2.04. The summed E-state index contributed by atoms with van der Waals surface area (Å²) in [5.74, 6) is 0.574. The molecule has 1 saturated carbocycles. The minimum Gasteiger partial charge on any atom is -0.504 e. The van der Waals surface area contributed by atoms with Crippen LogP contribution in [0.5, 0.6) is 11.5 Å². The van der Waals surface area contributed by atoms with Crippen molar-refractivity contribution in [2.45, 2.75) is 25.4 Å². The molecule has 1 aliphatic carbocycles. The highest BCUT2D eigenvalue weighted by Gasteiger charge is 2.42. The zero-order valence-electron chi connectivity index (χ0n) is 8.16. The Morgan fingerprint density at radius 1 is 1.43 bits per heavy atom. The minimum absolute atomic E-state index is 0.125. The third-order valence-electron chi connectivity index (χ3n) is 2.52. The van der Waals surface area contributed by atoms with Gasteiger partial charge in [0.05, 0.1) is 12.2 Å². The second-order valence-corrected chi connectivity index (χ2v) is 3.65. The van der Waals surface area contributed by atoms with Gasteiger partial charge in [-0.15, -0.1) is 0 Å². The molecule has 2 N–H and O–H groups in total. The van der Waals surface area contributed by atoms with Crippen molar-refractivity contribution >= 4 is 0 Å². The van der Waals surface area contributed by atoms with Crippen LogP contribution >= 0.6 is 0 Å². The number of aliphatic hydroxyl groups is 1. The van der Waals surface area contributed by atoms with Gasteiger partial charge in [0, 0.05) is 0 Å². The van der Waals surface area contributed by atoms with Crippen LogP contribution in [-0.2, 0) is 5.60 Å². The Hall–Kier alpha value is -1.22. The molecule has 0 spiro atoms. The smallest absolute Gasteiger partial charge is 0.161 e. The molecule has 3 heteroatoms. The molecule has 1 aliphatic rings. The van der Waals surface area contributed by atoms with Crippen LogP contribution in [0.3, 0.4) is 0 Å². The molecule has 14 heavy (non-hydrogen) atoms. The van der Waals surface area contributed by atoms with E-state index in [1.54, 1.807) is 18.2 Å². The monoisotopic (exact) mass is 194 g/mol. The lowest BCUT2D eigenvalue weighted by Gasteiger charge is -2.11. The van der Waals surface area contributed by atoms with Gasteiger partial charge in [-0.3, -0.25) is 0 Å². The normalized spacial score (nSPS) is 17.9. The van der Waals surface area contributed by atoms with Gasteiger partial charge in [-0.2, -0.15) is 0 Å². The second-order valence-electron chi connectivity index (χ2n) is 3.65. The summed E-state index contributed by atoms with van der Waals surface area (Å²) >= 11 is 0. The van der Waals surface area contributed by atoms with Crippen LogP contribution in [0.4, 0.5) is 0 Å². The number of ether oxygens (including phenoxy) is 1. The fourth-order valence-corrected chi connectivity index (χ4v) is 1.48. The minimum atomic E-state index is -0.667. The average molecular weight is 194 g/mol. The Balaban J connectivity index is 2.31. The molecule has 1 aromatic rings. The summed E-state index contributed by atoms with van der Waals surface area (Å²) in [5, 5.41) is 19.3. The van der Waals surface area contributed by atoms with Crippen molar-refractivity contribution in [3.63, 3.8) is 0 Å². The van der Waals surface area contributed by atoms with Gasteiger partial charge in [0.1, 0.15) is 0 Å². The third-order valence-corrected chi connectivity index (χ3v) is 2.52. The number of hydrogen-bond donors (Lipinski definition) is 2. The molecular formula is C11H14O3. The van der Waals surface area contributed by atoms with E-state index in [-0.39, 0.29) is 5.75 Å². The molecule has 0 heterocycles. The fraction of sp³-hybridized carbons (Fsp3) is 0.455. The van der Waals surface area contributed by atoms with Crippen molar-refractivity contribution in [2.75, 3.05) is 6.61 Å². The summed E-state index contributed by atoms with van der Waals surface area (Å²) in [5.41, 5.74) is 0.165. The van der Waals surface area contributed by atoms with Gasteiger partial charge in [0.15, 0.2) is 11.5 Å². The molecule has 76 valence electrons. The molecule has 0 radical (unpaired) electrons. The standard InChI is InChI=1S/C11H14O3/c1-2-14-10-7-8(3-4-9(10)12)11(13)5-6-11/h3-4,7,12-13H,2,5-6H2,1H3. The fourth-order valence-electron chi connectivity index (χ4n) is 1.48. The maximum Gasteiger partial charge on any atom is 0.161 e. The van der Waals surface area contributed by atoms with E-state index in [4.69, 9.17) is 4.74 Å². The first kappa shape index (κ1) is 9.34. The molecule has 0 aliphatic heterocycles. The molecular weight excluding hydrogens is 180 g/mol. The van der Waals surface area contributed by atoms with Gasteiger partial charge in [0.2, 0.25) is 0 Å². The number of phenols is 1. The summed E-state index contributed by atoms with van der Waals surface area (Å²) in [6, 6.07) is 5.02. The van der Waals surface area contributed by atoms with E-state index < -0.39 is 5.60 Å². The van der Waals surface area contributed by atoms with Crippen molar-refractivity contribution in [1.82, 2.24) is 0 Å². The maximum absolute atomic E-state index is 9.85. The Morgan fingerprint density at radius 3 is 2.71 bits per heavy atom. The molecule has 0 saturated heterocycles. The predicted octanol–water partition coefficient (Wildman–Crippen LogP) is 1.77. The molecule has 0 atom stereocenters. The highest BCUT2D eigenvalue weighted by molar-refractivity contribution is 5.44. The number of aromatic hydroxyl groups is 1. The van der Waals surface area contributed by atoms with Gasteiger partial charge in [-0.25, -0.2) is 0 Å². The predicted molar refractivity (Wildman–Crippen MR) is 52.4 cm³/mol. The van der Waals surface area contributed by atoms with E-state index in [0.717, 1.165) is 18.4 Å². The van der Waals surface area contributed by atoms with Crippen molar-refractivity contribution < 1.29 is 14.9 Å². The molecule has 0 aromatic heterocycles. The zero-order valence-corrected chi connectivity index (χ0v) is 8.16. The average Bonchev–Trinajstić information content (AvgIpc) is 2.89. The van der Waals surface area contributed by atoms with Crippen molar-refractivity contribution in [2.24, 2.45) is 0 Å². The van der Waals surface area contributed by atoms with Gasteiger partial charge >= 0.3 is 0 Å². The van der Waals surface area contributed by atoms with Crippen LogP contribution in [0.15, 0.2) is 18.2 Å². The second kappa shape index (κ2) is 3.17. The lowest BCUT2D eigenvalue weighted by atomic mass is 10.1. The van der Waals surface area contributed by atoms with Gasteiger partial charge in [-0.05, 0) is 37.5 Å². The molecule has 0 amide bonds. The lowest BCUT2D eigenvalue weighted by molar-refractivity contribution is 0.151. The molecule has 2 rings (SSSR count). The number of phenolic OH excluding ortho intramolecular Hbond substituents is 1. The van der Waals surface area contributed by atoms with Gasteiger partial charge < -0.3 is 14.9 Å². The quantitative estimate of drug-likeness (QED) is 0.771. The number of rotatable bonds is 3. The molecule has 0 unspecified atom stereocenters. The highest BCUT2D eigenvalue weighted by atomic mass is 16.5. The summed E-state index contributed by atoms with van der Waals surface area (Å²) in [6.07, 6.45) is 1.59. The van der Waals surface area contributed by atoms with E-state index in [2.05, 4.69) is 0 Å². The van der Waals surface area contributed by atoms with Crippen LogP contribution in [0.1, 0.15) is 25.3 Å². The Bertz CT molecular complexity index is 342. The van der Waals surface area contributed by atoms with Crippen LogP contribution in [0.25, 0.3) is 0 Å². The first-order valence-corrected chi connectivity index (χ1v) is 4.84. The summed E-state index contributed by atoms with van der Waals surface area (Å²) in [4.78, 5) is 0. The summed E-state index contributed by atoms with van der Waals surface area (Å²) in [6.45, 7) is 2.37. The van der Waals surface area contributed by atoms with Crippen molar-refractivity contribution in [1.29, 1.82) is 0 Å². The SMILES string of the molecule is CCOc1cc(C2(O)CC2)ccc1O. The van der Waals surface area contributed by atoms with Crippen molar-refractivity contribution in [3.05, 3.63) is 23.8 Å². The zero-order chi connectivity index (χ0) is 10.2. The van der Waals surface area contributed by atoms with E-state index >= 15 is 0 Å². The first-order chi connectivity index (χ1) is 6.65. The van der Waals surface area contributed by atoms with E-state index in [1.165, 1.54) is 0 Å². The van der Waals surface area contributed by atoms with Crippen LogP contribution in [0.2, 0.25) is 0 Å². The van der Waals surface area contributed by atoms with Gasteiger partial charge in [0.25, 0.3) is 0 Å². The molecule has 1 fully saturated rings. The maximum atomic E-state index is 9.85. The van der Waals surface area contributed by atoms with E-state index in [0.29, 0.717) is 12.4 Å². The third kappa shape index (κ3) is 1.55.